The summed E-state index contributed by atoms with van der Waals surface area (Å²) in [4.78, 5) is 52.4. The van der Waals surface area contributed by atoms with Gasteiger partial charge in [0.2, 0.25) is 5.91 Å². The zero-order valence-electron chi connectivity index (χ0n) is 17.2. The summed E-state index contributed by atoms with van der Waals surface area (Å²) in [6.45, 7) is 4.07. The monoisotopic (exact) mass is 405 g/mol. The molecule has 1 aliphatic heterocycles. The minimum Gasteiger partial charge on any atom is -0.385 e. The van der Waals surface area contributed by atoms with Crippen molar-refractivity contribution in [1.82, 2.24) is 9.80 Å². The van der Waals surface area contributed by atoms with Gasteiger partial charge < -0.3 is 17.2 Å². The van der Waals surface area contributed by atoms with E-state index in [1.54, 1.807) is 0 Å². The van der Waals surface area contributed by atoms with Gasteiger partial charge in [-0.3, -0.25) is 24.2 Å². The van der Waals surface area contributed by atoms with Crippen molar-refractivity contribution in [2.24, 2.45) is 28.0 Å². The van der Waals surface area contributed by atoms with Crippen LogP contribution in [0.2, 0.25) is 0 Å². The number of barbiturate groups is 1. The Morgan fingerprint density at radius 1 is 1.07 bits per heavy atom. The molecule has 3 rings (SSSR count). The number of imide groups is 2. The molecule has 1 heterocycles. The van der Waals surface area contributed by atoms with Crippen molar-refractivity contribution in [2.75, 3.05) is 6.54 Å². The molecule has 0 aromatic heterocycles. The van der Waals surface area contributed by atoms with Gasteiger partial charge in [-0.25, -0.2) is 4.79 Å². The van der Waals surface area contributed by atoms with Crippen LogP contribution in [0.15, 0.2) is 11.4 Å². The van der Waals surface area contributed by atoms with Gasteiger partial charge in [0.25, 0.3) is 11.8 Å². The van der Waals surface area contributed by atoms with E-state index < -0.39 is 23.3 Å². The summed E-state index contributed by atoms with van der Waals surface area (Å²) in [5.74, 6) is -2.05. The number of nitrogens with zero attached hydrogens (tertiary/aromatic N) is 2. The molecule has 0 aromatic rings. The summed E-state index contributed by atoms with van der Waals surface area (Å²) < 4.78 is 0. The Morgan fingerprint density at radius 3 is 2.14 bits per heavy atom. The van der Waals surface area contributed by atoms with Crippen molar-refractivity contribution in [3.8, 4) is 0 Å². The number of hydrogen-bond donors (Lipinski definition) is 3. The maximum atomic E-state index is 13.0. The molecule has 2 saturated carbocycles. The molecule has 6 N–H and O–H groups in total. The molecule has 0 aromatic carbocycles. The van der Waals surface area contributed by atoms with Crippen LogP contribution in [0, 0.1) is 10.8 Å². The van der Waals surface area contributed by atoms with Crippen molar-refractivity contribution >= 4 is 23.8 Å². The predicted octanol–water partition coefficient (Wildman–Crippen LogP) is 0.921. The van der Waals surface area contributed by atoms with E-state index in [0.717, 1.165) is 37.0 Å². The summed E-state index contributed by atoms with van der Waals surface area (Å²) >= 11 is 0. The van der Waals surface area contributed by atoms with E-state index in [-0.39, 0.29) is 35.3 Å². The van der Waals surface area contributed by atoms with E-state index in [4.69, 9.17) is 17.2 Å². The number of unbranched alkanes of at least 4 members (excludes halogenated alkanes) is 1. The third kappa shape index (κ3) is 3.47. The first-order valence-corrected chi connectivity index (χ1v) is 10.3. The van der Waals surface area contributed by atoms with Gasteiger partial charge >= 0.3 is 6.03 Å². The largest absolute Gasteiger partial charge is 0.385 e. The number of carbonyl (C=O) groups is 4. The molecule has 9 nitrogen and oxygen atoms in total. The maximum absolute atomic E-state index is 13.0. The van der Waals surface area contributed by atoms with Crippen molar-refractivity contribution < 1.29 is 19.2 Å². The Bertz CT molecular complexity index is 770. The van der Waals surface area contributed by atoms with Gasteiger partial charge in [-0.1, -0.05) is 20.3 Å². The first-order chi connectivity index (χ1) is 13.5. The molecule has 3 aliphatic rings. The molecule has 0 bridgehead atoms. The van der Waals surface area contributed by atoms with E-state index in [1.807, 2.05) is 13.8 Å². The predicted molar refractivity (Wildman–Crippen MR) is 105 cm³/mol. The minimum atomic E-state index is -0.715. The van der Waals surface area contributed by atoms with Crippen molar-refractivity contribution in [3.63, 3.8) is 0 Å². The third-order valence-corrected chi connectivity index (χ3v) is 6.86. The lowest BCUT2D eigenvalue weighted by molar-refractivity contribution is -0.146. The molecule has 29 heavy (non-hydrogen) atoms. The van der Waals surface area contributed by atoms with Crippen LogP contribution in [0.5, 0.6) is 0 Å². The summed E-state index contributed by atoms with van der Waals surface area (Å²) in [5, 5.41) is 0. The van der Waals surface area contributed by atoms with Gasteiger partial charge in [0.15, 0.2) is 0 Å². The highest BCUT2D eigenvalue weighted by atomic mass is 16.2. The zero-order valence-corrected chi connectivity index (χ0v) is 17.2. The molecular formula is C20H31N5O4. The first kappa shape index (κ1) is 21.1. The van der Waals surface area contributed by atoms with Gasteiger partial charge in [0, 0.05) is 18.0 Å². The van der Waals surface area contributed by atoms with Gasteiger partial charge in [0.1, 0.15) is 11.4 Å². The van der Waals surface area contributed by atoms with Crippen molar-refractivity contribution in [1.29, 1.82) is 0 Å². The van der Waals surface area contributed by atoms with E-state index >= 15 is 0 Å². The fraction of sp³-hybridized carbons (Fsp3) is 0.700. The van der Waals surface area contributed by atoms with Gasteiger partial charge in [-0.15, -0.1) is 0 Å². The highest BCUT2D eigenvalue weighted by Crippen LogP contribution is 2.61. The Labute approximate surface area is 170 Å². The second kappa shape index (κ2) is 7.35. The van der Waals surface area contributed by atoms with Crippen LogP contribution in [0.4, 0.5) is 4.79 Å². The van der Waals surface area contributed by atoms with Crippen LogP contribution < -0.4 is 17.2 Å². The molecule has 2 aliphatic carbocycles. The molecule has 1 saturated heterocycles. The van der Waals surface area contributed by atoms with E-state index in [0.29, 0.717) is 19.3 Å². The fourth-order valence-corrected chi connectivity index (χ4v) is 5.34. The van der Waals surface area contributed by atoms with Crippen molar-refractivity contribution in [2.45, 2.75) is 71.3 Å². The number of urea groups is 1. The Hall–Kier alpha value is -2.58. The Balaban J connectivity index is 1.76. The van der Waals surface area contributed by atoms with Gasteiger partial charge in [-0.2, -0.15) is 0 Å². The zero-order chi connectivity index (χ0) is 21.6. The number of primary amides is 1. The lowest BCUT2D eigenvalue weighted by atomic mass is 9.48. The number of amides is 5. The van der Waals surface area contributed by atoms with Crippen LogP contribution in [-0.4, -0.2) is 46.1 Å². The second-order valence-corrected chi connectivity index (χ2v) is 9.11. The van der Waals surface area contributed by atoms with Crippen LogP contribution in [0.3, 0.4) is 0 Å². The molecule has 9 heteroatoms. The Morgan fingerprint density at radius 2 is 1.66 bits per heavy atom. The normalized spacial score (nSPS) is 32.6. The topological polar surface area (TPSA) is 153 Å². The number of carbonyl (C=O) groups excluding carboxylic acids is 4. The average molecular weight is 405 g/mol. The summed E-state index contributed by atoms with van der Waals surface area (Å²) in [6.07, 6.45) is 5.77. The smallest absolute Gasteiger partial charge is 0.334 e. The quantitative estimate of drug-likeness (QED) is 0.457. The highest BCUT2D eigenvalue weighted by Gasteiger charge is 2.57. The molecule has 0 unspecified atom stereocenters. The van der Waals surface area contributed by atoms with Crippen LogP contribution in [-0.2, 0) is 14.4 Å². The summed E-state index contributed by atoms with van der Waals surface area (Å²) in [7, 11) is 0. The molecular weight excluding hydrogens is 374 g/mol. The first-order valence-electron chi connectivity index (χ1n) is 10.3. The average Bonchev–Trinajstić information content (AvgIpc) is 2.61. The van der Waals surface area contributed by atoms with Crippen LogP contribution >= 0.6 is 0 Å². The maximum Gasteiger partial charge on any atom is 0.334 e. The van der Waals surface area contributed by atoms with Gasteiger partial charge in [-0.05, 0) is 50.4 Å². The number of nitrogens with two attached hydrogens (primary N) is 3. The number of rotatable bonds is 5. The highest BCUT2D eigenvalue weighted by molar-refractivity contribution is 6.29. The second-order valence-electron chi connectivity index (χ2n) is 9.11. The van der Waals surface area contributed by atoms with Crippen LogP contribution in [0.1, 0.15) is 65.2 Å². The molecule has 0 atom stereocenters. The van der Waals surface area contributed by atoms with E-state index in [9.17, 15) is 19.2 Å². The van der Waals surface area contributed by atoms with E-state index in [2.05, 4.69) is 0 Å². The summed E-state index contributed by atoms with van der Waals surface area (Å²) in [5.41, 5.74) is 16.0. The lowest BCUT2D eigenvalue weighted by Gasteiger charge is -2.57. The molecule has 1 spiro atoms. The van der Waals surface area contributed by atoms with Crippen LogP contribution in [0.25, 0.3) is 0 Å². The molecule has 160 valence electrons. The number of hydrogen-bond acceptors (Lipinski definition) is 6. The fourth-order valence-electron chi connectivity index (χ4n) is 5.34. The third-order valence-electron chi connectivity index (χ3n) is 6.86. The SMILES string of the molecule is CCCCN1C(=O)C(=C(N)N)C(=O)N(C2CCC3(CC2)CC(C)(C(N)=O)C3)C1=O. The standard InChI is InChI=1S/C20H31N5O4/c1-3-4-9-24-15(26)13(14(21)22)16(27)25(18(24)29)12-5-7-20(8-6-12)10-19(2,11-20)17(23)28/h12H,3-11,21-22H2,1-2H3,(H2,23,28). The van der Waals surface area contributed by atoms with Gasteiger partial charge in [0.05, 0.1) is 0 Å². The minimum absolute atomic E-state index is 0.0471. The summed E-state index contributed by atoms with van der Waals surface area (Å²) in [6, 6.07) is -0.900. The molecule has 3 fully saturated rings. The lowest BCUT2D eigenvalue weighted by Crippen LogP contribution is -2.62. The van der Waals surface area contributed by atoms with Crippen molar-refractivity contribution in [3.05, 3.63) is 11.4 Å². The van der Waals surface area contributed by atoms with E-state index in [1.165, 1.54) is 4.90 Å². The Kier molecular flexibility index (Phi) is 5.36. The molecule has 0 radical (unpaired) electrons. The molecule has 5 amide bonds.